The minimum Gasteiger partial charge on any atom is -0.374 e. The third-order valence-electron chi connectivity index (χ3n) is 3.53. The molecule has 92 valence electrons. The third-order valence-corrected chi connectivity index (χ3v) is 3.77. The largest absolute Gasteiger partial charge is 0.374 e. The first-order valence-electron chi connectivity index (χ1n) is 6.16. The summed E-state index contributed by atoms with van der Waals surface area (Å²) in [5, 5.41) is 0.616. The molecule has 0 unspecified atom stereocenters. The maximum absolute atomic E-state index is 11.0. The van der Waals surface area contributed by atoms with E-state index in [9.17, 15) is 4.79 Å². The number of hydrogen-bond acceptors (Lipinski definition) is 2. The lowest BCUT2D eigenvalue weighted by molar-refractivity contribution is 0.112. The second-order valence-electron chi connectivity index (χ2n) is 4.85. The van der Waals surface area contributed by atoms with Gasteiger partial charge in [-0.25, -0.2) is 0 Å². The van der Waals surface area contributed by atoms with Crippen LogP contribution >= 0.6 is 11.6 Å². The first-order valence-corrected chi connectivity index (χ1v) is 6.54. The Balaban J connectivity index is 2.11. The maximum Gasteiger partial charge on any atom is 0.152 e. The summed E-state index contributed by atoms with van der Waals surface area (Å²) in [5.41, 5.74) is 1.66. The molecule has 1 aliphatic rings. The summed E-state index contributed by atoms with van der Waals surface area (Å²) in [5.74, 6) is 0.773. The van der Waals surface area contributed by atoms with E-state index in [0.29, 0.717) is 10.6 Å². The monoisotopic (exact) mass is 251 g/mol. The van der Waals surface area contributed by atoms with Crippen molar-refractivity contribution in [3.8, 4) is 0 Å². The molecule has 0 N–H and O–H groups in total. The molecule has 0 aliphatic heterocycles. The van der Waals surface area contributed by atoms with Gasteiger partial charge in [-0.05, 0) is 37.0 Å². The Labute approximate surface area is 108 Å². The molecule has 0 amide bonds. The van der Waals surface area contributed by atoms with Crippen LogP contribution in [0.15, 0.2) is 18.2 Å². The van der Waals surface area contributed by atoms with Crippen LogP contribution in [0.2, 0.25) is 5.02 Å². The summed E-state index contributed by atoms with van der Waals surface area (Å²) in [6, 6.07) is 5.51. The Hall–Kier alpha value is -1.02. The number of aldehydes is 1. The van der Waals surface area contributed by atoms with Crippen LogP contribution in [0, 0.1) is 5.92 Å². The van der Waals surface area contributed by atoms with Crippen LogP contribution in [0.1, 0.15) is 36.0 Å². The van der Waals surface area contributed by atoms with E-state index in [2.05, 4.69) is 11.9 Å². The Morgan fingerprint density at radius 3 is 2.76 bits per heavy atom. The molecule has 1 aromatic carbocycles. The van der Waals surface area contributed by atoms with Crippen LogP contribution in [0.3, 0.4) is 0 Å². The molecule has 0 aromatic heterocycles. The second kappa shape index (κ2) is 5.54. The summed E-state index contributed by atoms with van der Waals surface area (Å²) in [7, 11) is 2.05. The van der Waals surface area contributed by atoms with Gasteiger partial charge in [-0.15, -0.1) is 0 Å². The molecule has 1 aliphatic carbocycles. The van der Waals surface area contributed by atoms with E-state index >= 15 is 0 Å². The number of benzene rings is 1. The van der Waals surface area contributed by atoms with Crippen molar-refractivity contribution < 1.29 is 4.79 Å². The number of hydrogen-bond donors (Lipinski definition) is 0. The lowest BCUT2D eigenvalue weighted by Gasteiger charge is -2.24. The number of rotatable bonds is 4. The van der Waals surface area contributed by atoms with Crippen molar-refractivity contribution in [1.82, 2.24) is 0 Å². The van der Waals surface area contributed by atoms with Crippen LogP contribution in [0.25, 0.3) is 0 Å². The zero-order valence-electron chi connectivity index (χ0n) is 10.2. The molecule has 2 nitrogen and oxygen atoms in total. The van der Waals surface area contributed by atoms with E-state index in [-0.39, 0.29) is 0 Å². The van der Waals surface area contributed by atoms with Gasteiger partial charge in [0.05, 0.1) is 0 Å². The molecule has 1 aromatic rings. The fourth-order valence-electron chi connectivity index (χ4n) is 2.65. The molecule has 0 bridgehead atoms. The zero-order chi connectivity index (χ0) is 12.3. The minimum atomic E-state index is 0.616. The van der Waals surface area contributed by atoms with Crippen LogP contribution in [-0.2, 0) is 0 Å². The fourth-order valence-corrected chi connectivity index (χ4v) is 2.83. The number of carbonyl (C=O) groups excluding carboxylic acids is 1. The Bertz CT molecular complexity index is 399. The third kappa shape index (κ3) is 3.01. The lowest BCUT2D eigenvalue weighted by Crippen LogP contribution is -2.24. The average molecular weight is 252 g/mol. The molecule has 2 rings (SSSR count). The van der Waals surface area contributed by atoms with Gasteiger partial charge in [0.1, 0.15) is 0 Å². The van der Waals surface area contributed by atoms with Gasteiger partial charge in [0.25, 0.3) is 0 Å². The van der Waals surface area contributed by atoms with Crippen molar-refractivity contribution in [2.45, 2.75) is 25.7 Å². The summed E-state index contributed by atoms with van der Waals surface area (Å²) >= 11 is 5.89. The van der Waals surface area contributed by atoms with E-state index in [1.54, 1.807) is 6.07 Å². The molecule has 3 heteroatoms. The van der Waals surface area contributed by atoms with Crippen molar-refractivity contribution in [2.75, 3.05) is 18.5 Å². The normalized spacial score (nSPS) is 16.1. The Kier molecular flexibility index (Phi) is 4.06. The highest BCUT2D eigenvalue weighted by atomic mass is 35.5. The van der Waals surface area contributed by atoms with Crippen molar-refractivity contribution >= 4 is 23.6 Å². The van der Waals surface area contributed by atoms with E-state index in [4.69, 9.17) is 11.6 Å². The molecule has 0 spiro atoms. The van der Waals surface area contributed by atoms with Gasteiger partial charge >= 0.3 is 0 Å². The topological polar surface area (TPSA) is 20.3 Å². The van der Waals surface area contributed by atoms with Crippen molar-refractivity contribution in [2.24, 2.45) is 5.92 Å². The second-order valence-corrected chi connectivity index (χ2v) is 5.29. The van der Waals surface area contributed by atoms with Crippen LogP contribution in [0.5, 0.6) is 0 Å². The van der Waals surface area contributed by atoms with Crippen molar-refractivity contribution in [1.29, 1.82) is 0 Å². The maximum atomic E-state index is 11.0. The summed E-state index contributed by atoms with van der Waals surface area (Å²) in [4.78, 5) is 13.2. The standard InChI is InChI=1S/C14H18ClNO/c1-16(9-11-4-2-3-5-11)14-7-6-13(15)8-12(14)10-17/h6-8,10-11H,2-5,9H2,1H3. The van der Waals surface area contributed by atoms with Crippen molar-refractivity contribution in [3.63, 3.8) is 0 Å². The molecular weight excluding hydrogens is 234 g/mol. The summed E-state index contributed by atoms with van der Waals surface area (Å²) in [6.07, 6.45) is 6.20. The minimum absolute atomic E-state index is 0.616. The van der Waals surface area contributed by atoms with Crippen LogP contribution in [-0.4, -0.2) is 19.9 Å². The SMILES string of the molecule is CN(CC1CCCC1)c1ccc(Cl)cc1C=O. The highest BCUT2D eigenvalue weighted by molar-refractivity contribution is 6.31. The van der Waals surface area contributed by atoms with E-state index in [1.807, 2.05) is 12.1 Å². The molecule has 0 atom stereocenters. The van der Waals surface area contributed by atoms with E-state index in [1.165, 1.54) is 25.7 Å². The van der Waals surface area contributed by atoms with Crippen molar-refractivity contribution in [3.05, 3.63) is 28.8 Å². The highest BCUT2D eigenvalue weighted by Gasteiger charge is 2.18. The van der Waals surface area contributed by atoms with Gasteiger partial charge in [-0.3, -0.25) is 4.79 Å². The first kappa shape index (κ1) is 12.4. The fraction of sp³-hybridized carbons (Fsp3) is 0.500. The van der Waals surface area contributed by atoms with Gasteiger partial charge in [0.15, 0.2) is 6.29 Å². The zero-order valence-corrected chi connectivity index (χ0v) is 10.9. The summed E-state index contributed by atoms with van der Waals surface area (Å²) < 4.78 is 0. The molecule has 1 fully saturated rings. The van der Waals surface area contributed by atoms with Gasteiger partial charge < -0.3 is 4.90 Å². The van der Waals surface area contributed by atoms with Gasteiger partial charge in [-0.1, -0.05) is 24.4 Å². The van der Waals surface area contributed by atoms with E-state index in [0.717, 1.165) is 24.4 Å². The van der Waals surface area contributed by atoms with Gasteiger partial charge in [0, 0.05) is 29.9 Å². The number of halogens is 1. The van der Waals surface area contributed by atoms with E-state index < -0.39 is 0 Å². The van der Waals surface area contributed by atoms with Crippen LogP contribution < -0.4 is 4.90 Å². The highest BCUT2D eigenvalue weighted by Crippen LogP contribution is 2.28. The summed E-state index contributed by atoms with van der Waals surface area (Å²) in [6.45, 7) is 1.03. The smallest absolute Gasteiger partial charge is 0.152 e. The number of carbonyl (C=O) groups is 1. The van der Waals surface area contributed by atoms with Gasteiger partial charge in [0.2, 0.25) is 0 Å². The molecular formula is C14H18ClNO. The average Bonchev–Trinajstić information content (AvgIpc) is 2.81. The molecule has 0 radical (unpaired) electrons. The molecule has 0 saturated heterocycles. The Morgan fingerprint density at radius 1 is 1.41 bits per heavy atom. The first-order chi connectivity index (χ1) is 8.20. The van der Waals surface area contributed by atoms with Gasteiger partial charge in [-0.2, -0.15) is 0 Å². The number of nitrogens with zero attached hydrogens (tertiary/aromatic N) is 1. The quantitative estimate of drug-likeness (QED) is 0.759. The predicted octanol–water partition coefficient (Wildman–Crippen LogP) is 3.78. The Morgan fingerprint density at radius 2 is 2.12 bits per heavy atom. The predicted molar refractivity (Wildman–Crippen MR) is 72.1 cm³/mol. The number of anilines is 1. The molecule has 1 saturated carbocycles. The lowest BCUT2D eigenvalue weighted by atomic mass is 10.1. The molecule has 17 heavy (non-hydrogen) atoms. The molecule has 0 heterocycles. The van der Waals surface area contributed by atoms with Crippen LogP contribution in [0.4, 0.5) is 5.69 Å².